The Hall–Kier alpha value is -0.650. The molecular formula is C7H5NOS3. The SMILES string of the molecule is Oc1csc(=S)n1-c1cccs1. The van der Waals surface area contributed by atoms with Gasteiger partial charge in [0, 0.05) is 0 Å². The fourth-order valence-corrected chi connectivity index (χ4v) is 2.71. The first-order valence-corrected chi connectivity index (χ1v) is 5.39. The van der Waals surface area contributed by atoms with Gasteiger partial charge >= 0.3 is 0 Å². The second kappa shape index (κ2) is 3.01. The summed E-state index contributed by atoms with van der Waals surface area (Å²) in [7, 11) is 0. The number of aromatic nitrogens is 1. The first kappa shape index (κ1) is 7.97. The van der Waals surface area contributed by atoms with Gasteiger partial charge in [-0.3, -0.25) is 4.57 Å². The van der Waals surface area contributed by atoms with Crippen molar-refractivity contribution in [1.29, 1.82) is 0 Å². The Balaban J connectivity index is 2.68. The summed E-state index contributed by atoms with van der Waals surface area (Å²) in [6.45, 7) is 0. The normalized spacial score (nSPS) is 10.3. The van der Waals surface area contributed by atoms with Gasteiger partial charge in [0.05, 0.1) is 5.38 Å². The lowest BCUT2D eigenvalue weighted by molar-refractivity contribution is 0.443. The van der Waals surface area contributed by atoms with E-state index < -0.39 is 0 Å². The lowest BCUT2D eigenvalue weighted by Gasteiger charge is -1.97. The molecule has 12 heavy (non-hydrogen) atoms. The van der Waals surface area contributed by atoms with Crippen molar-refractivity contribution < 1.29 is 5.11 Å². The first-order valence-electron chi connectivity index (χ1n) is 3.22. The molecule has 2 nitrogen and oxygen atoms in total. The zero-order valence-corrected chi connectivity index (χ0v) is 8.38. The summed E-state index contributed by atoms with van der Waals surface area (Å²) in [6.07, 6.45) is 0. The third kappa shape index (κ3) is 1.20. The minimum atomic E-state index is 0.215. The van der Waals surface area contributed by atoms with Crippen LogP contribution >= 0.6 is 34.9 Å². The van der Waals surface area contributed by atoms with E-state index in [1.807, 2.05) is 17.5 Å². The Morgan fingerprint density at radius 2 is 2.25 bits per heavy atom. The average Bonchev–Trinajstić information content (AvgIpc) is 2.61. The van der Waals surface area contributed by atoms with Crippen molar-refractivity contribution in [1.82, 2.24) is 4.57 Å². The largest absolute Gasteiger partial charge is 0.494 e. The summed E-state index contributed by atoms with van der Waals surface area (Å²) in [5.41, 5.74) is 0. The maximum Gasteiger partial charge on any atom is 0.208 e. The molecule has 0 atom stereocenters. The molecule has 0 amide bonds. The Labute approximate surface area is 82.4 Å². The highest BCUT2D eigenvalue weighted by Gasteiger charge is 2.04. The second-order valence-corrected chi connectivity index (χ2v) is 4.58. The molecule has 0 saturated carbocycles. The summed E-state index contributed by atoms with van der Waals surface area (Å²) in [4.78, 5) is 0. The van der Waals surface area contributed by atoms with Gasteiger partial charge in [0.2, 0.25) is 5.88 Å². The van der Waals surface area contributed by atoms with Gasteiger partial charge in [0.15, 0.2) is 3.95 Å². The predicted octanol–water partition coefficient (Wildman–Crippen LogP) is 3.04. The highest BCUT2D eigenvalue weighted by Crippen LogP contribution is 2.25. The molecule has 62 valence electrons. The van der Waals surface area contributed by atoms with Crippen molar-refractivity contribution in [2.45, 2.75) is 0 Å². The van der Waals surface area contributed by atoms with E-state index in [2.05, 4.69) is 0 Å². The van der Waals surface area contributed by atoms with E-state index in [1.54, 1.807) is 21.3 Å². The van der Waals surface area contributed by atoms with Crippen LogP contribution in [0, 0.1) is 3.95 Å². The van der Waals surface area contributed by atoms with Gasteiger partial charge in [0.1, 0.15) is 5.00 Å². The summed E-state index contributed by atoms with van der Waals surface area (Å²) >= 11 is 7.96. The molecule has 0 fully saturated rings. The quantitative estimate of drug-likeness (QED) is 0.740. The molecule has 2 aromatic rings. The van der Waals surface area contributed by atoms with Gasteiger partial charge in [-0.2, -0.15) is 0 Å². The molecule has 0 spiro atoms. The Morgan fingerprint density at radius 3 is 2.75 bits per heavy atom. The number of aromatic hydroxyl groups is 1. The maximum atomic E-state index is 9.42. The van der Waals surface area contributed by atoms with Crippen LogP contribution in [0.3, 0.4) is 0 Å². The zero-order chi connectivity index (χ0) is 8.55. The Morgan fingerprint density at radius 1 is 1.42 bits per heavy atom. The molecule has 0 saturated heterocycles. The molecule has 0 aliphatic rings. The van der Waals surface area contributed by atoms with E-state index in [9.17, 15) is 5.11 Å². The van der Waals surface area contributed by atoms with Gasteiger partial charge in [-0.1, -0.05) is 0 Å². The maximum absolute atomic E-state index is 9.42. The van der Waals surface area contributed by atoms with Crippen molar-refractivity contribution in [3.05, 3.63) is 26.8 Å². The number of thiophene rings is 1. The minimum Gasteiger partial charge on any atom is -0.494 e. The third-order valence-corrected chi connectivity index (χ3v) is 3.44. The summed E-state index contributed by atoms with van der Waals surface area (Å²) in [5.74, 6) is 0.215. The van der Waals surface area contributed by atoms with E-state index in [0.717, 1.165) is 5.00 Å². The number of thiazole rings is 1. The number of rotatable bonds is 1. The van der Waals surface area contributed by atoms with Gasteiger partial charge in [-0.25, -0.2) is 0 Å². The molecule has 5 heteroatoms. The molecule has 0 aliphatic heterocycles. The molecule has 0 aliphatic carbocycles. The molecule has 0 bridgehead atoms. The Bertz CT molecular complexity index is 426. The summed E-state index contributed by atoms with van der Waals surface area (Å²) in [6, 6.07) is 3.85. The lowest BCUT2D eigenvalue weighted by Crippen LogP contribution is -1.87. The highest BCUT2D eigenvalue weighted by molar-refractivity contribution is 7.73. The number of nitrogens with zero attached hydrogens (tertiary/aromatic N) is 1. The Kier molecular flexibility index (Phi) is 2.00. The monoisotopic (exact) mass is 215 g/mol. The van der Waals surface area contributed by atoms with Crippen molar-refractivity contribution in [3.8, 4) is 10.9 Å². The molecule has 2 heterocycles. The third-order valence-electron chi connectivity index (χ3n) is 1.40. The van der Waals surface area contributed by atoms with E-state index in [1.165, 1.54) is 11.3 Å². The van der Waals surface area contributed by atoms with Crippen LogP contribution in [0.2, 0.25) is 0 Å². The predicted molar refractivity (Wildman–Crippen MR) is 54.0 cm³/mol. The van der Waals surface area contributed by atoms with Crippen molar-refractivity contribution >= 4 is 34.9 Å². The van der Waals surface area contributed by atoms with Gasteiger partial charge in [-0.05, 0) is 29.7 Å². The van der Waals surface area contributed by atoms with Crippen LogP contribution in [0.15, 0.2) is 22.9 Å². The van der Waals surface area contributed by atoms with Crippen LogP contribution in [0.4, 0.5) is 0 Å². The van der Waals surface area contributed by atoms with E-state index in [-0.39, 0.29) is 5.88 Å². The van der Waals surface area contributed by atoms with Crippen LogP contribution in [0.25, 0.3) is 5.00 Å². The molecule has 1 N–H and O–H groups in total. The van der Waals surface area contributed by atoms with Crippen LogP contribution in [-0.4, -0.2) is 9.67 Å². The smallest absolute Gasteiger partial charge is 0.208 e. The van der Waals surface area contributed by atoms with Crippen molar-refractivity contribution in [3.63, 3.8) is 0 Å². The van der Waals surface area contributed by atoms with Crippen LogP contribution in [0.1, 0.15) is 0 Å². The molecule has 0 aromatic carbocycles. The van der Waals surface area contributed by atoms with E-state index in [0.29, 0.717) is 3.95 Å². The number of hydrogen-bond acceptors (Lipinski definition) is 4. The minimum absolute atomic E-state index is 0.215. The summed E-state index contributed by atoms with van der Waals surface area (Å²) in [5, 5.41) is 14.0. The van der Waals surface area contributed by atoms with E-state index in [4.69, 9.17) is 12.2 Å². The van der Waals surface area contributed by atoms with Crippen LogP contribution in [-0.2, 0) is 0 Å². The van der Waals surface area contributed by atoms with Crippen LogP contribution in [0.5, 0.6) is 5.88 Å². The fourth-order valence-electron chi connectivity index (χ4n) is 0.902. The van der Waals surface area contributed by atoms with E-state index >= 15 is 0 Å². The van der Waals surface area contributed by atoms with Crippen molar-refractivity contribution in [2.75, 3.05) is 0 Å². The van der Waals surface area contributed by atoms with Gasteiger partial charge in [0.25, 0.3) is 0 Å². The second-order valence-electron chi connectivity index (χ2n) is 2.15. The summed E-state index contributed by atoms with van der Waals surface area (Å²) < 4.78 is 2.33. The molecular weight excluding hydrogens is 210 g/mol. The first-order chi connectivity index (χ1) is 5.79. The highest BCUT2D eigenvalue weighted by atomic mass is 32.1. The topological polar surface area (TPSA) is 25.2 Å². The molecule has 2 aromatic heterocycles. The standard InChI is InChI=1S/C7H5NOS3/c9-5-4-12-7(10)8(5)6-2-1-3-11-6/h1-4,9H. The number of hydrogen-bond donors (Lipinski definition) is 1. The molecule has 0 unspecified atom stereocenters. The molecule has 0 radical (unpaired) electrons. The van der Waals surface area contributed by atoms with Crippen LogP contribution < -0.4 is 0 Å². The van der Waals surface area contributed by atoms with Gasteiger partial charge in [-0.15, -0.1) is 22.7 Å². The fraction of sp³-hybridized carbons (Fsp3) is 0. The average molecular weight is 215 g/mol. The zero-order valence-electron chi connectivity index (χ0n) is 5.93. The molecule has 2 rings (SSSR count). The van der Waals surface area contributed by atoms with Gasteiger partial charge < -0.3 is 5.11 Å². The van der Waals surface area contributed by atoms with Crippen molar-refractivity contribution in [2.24, 2.45) is 0 Å². The lowest BCUT2D eigenvalue weighted by atomic mass is 10.6.